The minimum atomic E-state index is -3.69. The van der Waals surface area contributed by atoms with Gasteiger partial charge in [-0.3, -0.25) is 0 Å². The van der Waals surface area contributed by atoms with Crippen LogP contribution in [-0.4, -0.2) is 53.8 Å². The number of rotatable bonds is 4. The molecule has 1 saturated heterocycles. The molecule has 8 heteroatoms. The molecule has 1 aliphatic heterocycles. The molecule has 0 aromatic heterocycles. The first-order valence-electron chi connectivity index (χ1n) is 6.06. The smallest absolute Gasteiger partial charge is 0.183 e. The van der Waals surface area contributed by atoms with Gasteiger partial charge in [-0.1, -0.05) is 0 Å². The van der Waals surface area contributed by atoms with E-state index < -0.39 is 31.0 Å². The third kappa shape index (κ3) is 2.82. The zero-order valence-electron chi connectivity index (χ0n) is 11.2. The lowest BCUT2D eigenvalue weighted by molar-refractivity contribution is 0.414. The predicted octanol–water partition coefficient (Wildman–Crippen LogP) is -0.146. The Hall–Kier alpha value is -1.12. The van der Waals surface area contributed by atoms with Gasteiger partial charge in [-0.05, 0) is 31.3 Å². The van der Waals surface area contributed by atoms with Crippen molar-refractivity contribution in [1.82, 2.24) is 5.32 Å². The topological polar surface area (TPSA) is 89.5 Å². The van der Waals surface area contributed by atoms with E-state index in [1.165, 1.54) is 19.2 Å². The molecule has 20 heavy (non-hydrogen) atoms. The Morgan fingerprint density at radius 3 is 2.30 bits per heavy atom. The van der Waals surface area contributed by atoms with Crippen molar-refractivity contribution in [3.05, 3.63) is 24.3 Å². The summed E-state index contributed by atoms with van der Waals surface area (Å²) >= 11 is 0. The van der Waals surface area contributed by atoms with E-state index in [1.807, 2.05) is 0 Å². The lowest BCUT2D eigenvalue weighted by Gasteiger charge is -2.17. The predicted molar refractivity (Wildman–Crippen MR) is 75.5 cm³/mol. The lowest BCUT2D eigenvalue weighted by atomic mass is 10.3. The highest BCUT2D eigenvalue weighted by Gasteiger charge is 2.45. The summed E-state index contributed by atoms with van der Waals surface area (Å²) in [7, 11) is -3.96. The first-order valence-corrected chi connectivity index (χ1v) is 9.42. The van der Waals surface area contributed by atoms with Gasteiger partial charge in [0.25, 0.3) is 0 Å². The second-order valence-corrected chi connectivity index (χ2v) is 9.05. The maximum Gasteiger partial charge on any atom is 0.183 e. The van der Waals surface area contributed by atoms with Gasteiger partial charge in [0.2, 0.25) is 0 Å². The average molecular weight is 319 g/mol. The summed E-state index contributed by atoms with van der Waals surface area (Å²) in [6, 6.07) is 5.39. The molecule has 0 spiro atoms. The minimum Gasteiger partial charge on any atom is -0.497 e. The van der Waals surface area contributed by atoms with Gasteiger partial charge in [0.05, 0.1) is 28.8 Å². The van der Waals surface area contributed by atoms with Gasteiger partial charge >= 0.3 is 0 Å². The van der Waals surface area contributed by atoms with E-state index in [-0.39, 0.29) is 16.4 Å². The molecule has 1 fully saturated rings. The molecule has 2 rings (SSSR count). The van der Waals surface area contributed by atoms with Gasteiger partial charge in [-0.2, -0.15) is 0 Å². The largest absolute Gasteiger partial charge is 0.497 e. The Bertz CT molecular complexity index is 679. The molecule has 1 heterocycles. The summed E-state index contributed by atoms with van der Waals surface area (Å²) in [5.41, 5.74) is 0. The quantitative estimate of drug-likeness (QED) is 0.830. The van der Waals surface area contributed by atoms with Crippen molar-refractivity contribution in [3.8, 4) is 5.75 Å². The number of sulfone groups is 2. The number of benzene rings is 1. The van der Waals surface area contributed by atoms with Crippen molar-refractivity contribution in [2.75, 3.05) is 25.7 Å². The molecule has 0 bridgehead atoms. The van der Waals surface area contributed by atoms with E-state index >= 15 is 0 Å². The summed E-state index contributed by atoms with van der Waals surface area (Å²) in [4.78, 5) is 0.112. The first-order chi connectivity index (χ1) is 9.30. The fourth-order valence-electron chi connectivity index (χ4n) is 2.33. The van der Waals surface area contributed by atoms with Crippen molar-refractivity contribution in [3.63, 3.8) is 0 Å². The van der Waals surface area contributed by atoms with Gasteiger partial charge in [0, 0.05) is 6.04 Å². The number of ether oxygens (including phenoxy) is 1. The standard InChI is InChI=1S/C12H17NO5S2/c1-13-11-7-19(14,15)8-12(11)20(16,17)10-5-3-9(18-2)4-6-10/h3-6,11-13H,7-8H2,1-2H3/t11-,12-/m0/s1. The van der Waals surface area contributed by atoms with Crippen LogP contribution in [0.25, 0.3) is 0 Å². The summed E-state index contributed by atoms with van der Waals surface area (Å²) in [6.45, 7) is 0. The fourth-order valence-corrected chi connectivity index (χ4v) is 7.14. The maximum atomic E-state index is 12.5. The molecular formula is C12H17NO5S2. The Morgan fingerprint density at radius 2 is 1.80 bits per heavy atom. The van der Waals surface area contributed by atoms with E-state index in [1.54, 1.807) is 19.2 Å². The third-order valence-corrected chi connectivity index (χ3v) is 7.62. The van der Waals surface area contributed by atoms with Gasteiger partial charge in [0.15, 0.2) is 19.7 Å². The van der Waals surface area contributed by atoms with E-state index in [0.29, 0.717) is 5.75 Å². The molecule has 1 aromatic carbocycles. The van der Waals surface area contributed by atoms with Gasteiger partial charge in [0.1, 0.15) is 5.75 Å². The second-order valence-electron chi connectivity index (χ2n) is 4.73. The summed E-state index contributed by atoms with van der Waals surface area (Å²) in [6.07, 6.45) is 0. The molecule has 0 unspecified atom stereocenters. The van der Waals surface area contributed by atoms with Crippen molar-refractivity contribution >= 4 is 19.7 Å². The third-order valence-electron chi connectivity index (χ3n) is 3.46. The Morgan fingerprint density at radius 1 is 1.20 bits per heavy atom. The van der Waals surface area contributed by atoms with Crippen LogP contribution in [0.4, 0.5) is 0 Å². The highest BCUT2D eigenvalue weighted by Crippen LogP contribution is 2.26. The molecule has 112 valence electrons. The average Bonchev–Trinajstić information content (AvgIpc) is 2.75. The van der Waals surface area contributed by atoms with Crippen LogP contribution in [0.1, 0.15) is 0 Å². The van der Waals surface area contributed by atoms with Crippen molar-refractivity contribution in [1.29, 1.82) is 0 Å². The second kappa shape index (κ2) is 5.34. The maximum absolute atomic E-state index is 12.5. The van der Waals surface area contributed by atoms with Crippen LogP contribution in [0.15, 0.2) is 29.2 Å². The van der Waals surface area contributed by atoms with Crippen LogP contribution in [-0.2, 0) is 19.7 Å². The normalized spacial score (nSPS) is 25.5. The molecule has 0 radical (unpaired) electrons. The van der Waals surface area contributed by atoms with E-state index in [0.717, 1.165) is 0 Å². The van der Waals surface area contributed by atoms with Crippen LogP contribution in [0, 0.1) is 0 Å². The Kier molecular flexibility index (Phi) is 4.08. The van der Waals surface area contributed by atoms with Crippen LogP contribution < -0.4 is 10.1 Å². The molecule has 6 nitrogen and oxygen atoms in total. The Labute approximate surface area is 119 Å². The van der Waals surface area contributed by atoms with Crippen molar-refractivity contribution in [2.45, 2.75) is 16.2 Å². The molecule has 1 aliphatic rings. The molecule has 1 aromatic rings. The fraction of sp³-hybridized carbons (Fsp3) is 0.500. The minimum absolute atomic E-state index is 0.112. The molecular weight excluding hydrogens is 302 g/mol. The highest BCUT2D eigenvalue weighted by molar-refractivity contribution is 7.96. The summed E-state index contributed by atoms with van der Waals surface area (Å²) in [5, 5.41) is 1.83. The molecule has 0 saturated carbocycles. The molecule has 1 N–H and O–H groups in total. The molecule has 0 aliphatic carbocycles. The van der Waals surface area contributed by atoms with Gasteiger partial charge in [-0.25, -0.2) is 16.8 Å². The SMILES string of the molecule is CN[C@H]1CS(=O)(=O)C[C@@H]1S(=O)(=O)c1ccc(OC)cc1. The number of hydrogen-bond acceptors (Lipinski definition) is 6. The highest BCUT2D eigenvalue weighted by atomic mass is 32.2. The van der Waals surface area contributed by atoms with E-state index in [2.05, 4.69) is 5.32 Å². The summed E-state index contributed by atoms with van der Waals surface area (Å²) in [5.74, 6) is 0.0596. The van der Waals surface area contributed by atoms with Crippen molar-refractivity contribution < 1.29 is 21.6 Å². The van der Waals surface area contributed by atoms with Crippen LogP contribution in [0.2, 0.25) is 0 Å². The van der Waals surface area contributed by atoms with E-state index in [4.69, 9.17) is 4.74 Å². The zero-order valence-corrected chi connectivity index (χ0v) is 12.9. The van der Waals surface area contributed by atoms with E-state index in [9.17, 15) is 16.8 Å². The van der Waals surface area contributed by atoms with Crippen molar-refractivity contribution in [2.24, 2.45) is 0 Å². The van der Waals surface area contributed by atoms with Crippen LogP contribution >= 0.6 is 0 Å². The first kappa shape index (κ1) is 15.3. The zero-order chi connectivity index (χ0) is 15.0. The lowest BCUT2D eigenvalue weighted by Crippen LogP contribution is -2.41. The summed E-state index contributed by atoms with van der Waals surface area (Å²) < 4.78 is 53.4. The number of hydrogen-bond donors (Lipinski definition) is 1. The van der Waals surface area contributed by atoms with Crippen LogP contribution in [0.3, 0.4) is 0 Å². The van der Waals surface area contributed by atoms with Gasteiger partial charge in [-0.15, -0.1) is 0 Å². The number of methoxy groups -OCH3 is 1. The Balaban J connectivity index is 2.38. The monoisotopic (exact) mass is 319 g/mol. The molecule has 0 amide bonds. The van der Waals surface area contributed by atoms with Gasteiger partial charge < -0.3 is 10.1 Å². The van der Waals surface area contributed by atoms with Crippen LogP contribution in [0.5, 0.6) is 5.75 Å². The number of nitrogens with one attached hydrogen (secondary N) is 1. The molecule has 2 atom stereocenters.